The Bertz CT molecular complexity index is 572. The fraction of sp³-hybridized carbons (Fsp3) is 0.154. The second kappa shape index (κ2) is 6.67. The minimum absolute atomic E-state index is 0.0457. The number of nitrogens with one attached hydrogen (secondary N) is 1. The molecule has 0 aliphatic carbocycles. The Hall–Kier alpha value is -2.41. The molecule has 7 heteroatoms. The summed E-state index contributed by atoms with van der Waals surface area (Å²) < 4.78 is 0. The van der Waals surface area contributed by atoms with Gasteiger partial charge in [-0.2, -0.15) is 0 Å². The normalized spacial score (nSPS) is 10.0. The lowest BCUT2D eigenvalue weighted by molar-refractivity contribution is -0.135. The Balaban J connectivity index is 2.04. The van der Waals surface area contributed by atoms with Crippen LogP contribution in [0.15, 0.2) is 41.9 Å². The molecule has 2 rings (SSSR count). The SMILES string of the molecule is O=C(O)CN(CC(=O)Nc1nccs1)c1ccccc1. The van der Waals surface area contributed by atoms with Crippen molar-refractivity contribution in [1.82, 2.24) is 4.98 Å². The number of carbonyl (C=O) groups is 2. The molecule has 0 fully saturated rings. The highest BCUT2D eigenvalue weighted by Crippen LogP contribution is 2.14. The third kappa shape index (κ3) is 4.06. The predicted molar refractivity (Wildman–Crippen MR) is 77.0 cm³/mol. The molecule has 1 aromatic carbocycles. The molecule has 0 saturated heterocycles. The van der Waals surface area contributed by atoms with Crippen LogP contribution in [0.25, 0.3) is 0 Å². The van der Waals surface area contributed by atoms with Crippen molar-refractivity contribution in [3.8, 4) is 0 Å². The number of nitrogens with zero attached hydrogens (tertiary/aromatic N) is 2. The number of hydrogen-bond donors (Lipinski definition) is 2. The summed E-state index contributed by atoms with van der Waals surface area (Å²) in [5, 5.41) is 13.8. The lowest BCUT2D eigenvalue weighted by Gasteiger charge is -2.21. The highest BCUT2D eigenvalue weighted by Gasteiger charge is 2.15. The van der Waals surface area contributed by atoms with Crippen LogP contribution in [-0.4, -0.2) is 35.1 Å². The molecule has 0 spiro atoms. The van der Waals surface area contributed by atoms with E-state index in [1.165, 1.54) is 16.2 Å². The summed E-state index contributed by atoms with van der Waals surface area (Å²) in [6, 6.07) is 8.95. The van der Waals surface area contributed by atoms with Crippen LogP contribution < -0.4 is 10.2 Å². The molecule has 0 aliphatic rings. The summed E-state index contributed by atoms with van der Waals surface area (Å²) in [5.41, 5.74) is 0.684. The molecule has 0 radical (unpaired) electrons. The molecule has 1 amide bonds. The monoisotopic (exact) mass is 291 g/mol. The number of carboxylic acids is 1. The van der Waals surface area contributed by atoms with Gasteiger partial charge in [0.05, 0.1) is 6.54 Å². The van der Waals surface area contributed by atoms with Gasteiger partial charge in [-0.05, 0) is 12.1 Å². The van der Waals surface area contributed by atoms with Crippen LogP contribution in [0.2, 0.25) is 0 Å². The first-order valence-electron chi connectivity index (χ1n) is 5.86. The zero-order valence-electron chi connectivity index (χ0n) is 10.5. The molecule has 0 bridgehead atoms. The number of aliphatic carboxylic acids is 1. The van der Waals surface area contributed by atoms with Crippen molar-refractivity contribution in [2.45, 2.75) is 0 Å². The highest BCUT2D eigenvalue weighted by atomic mass is 32.1. The van der Waals surface area contributed by atoms with Crippen LogP contribution in [0, 0.1) is 0 Å². The quantitative estimate of drug-likeness (QED) is 0.846. The van der Waals surface area contributed by atoms with E-state index < -0.39 is 5.97 Å². The average molecular weight is 291 g/mol. The highest BCUT2D eigenvalue weighted by molar-refractivity contribution is 7.13. The van der Waals surface area contributed by atoms with Gasteiger partial charge in [-0.15, -0.1) is 11.3 Å². The summed E-state index contributed by atoms with van der Waals surface area (Å²) in [6.07, 6.45) is 1.59. The van der Waals surface area contributed by atoms with E-state index in [0.717, 1.165) is 0 Å². The number of rotatable bonds is 6. The zero-order valence-corrected chi connectivity index (χ0v) is 11.3. The topological polar surface area (TPSA) is 82.5 Å². The molecule has 0 atom stereocenters. The molecule has 1 heterocycles. The molecule has 104 valence electrons. The van der Waals surface area contributed by atoms with Gasteiger partial charge in [0, 0.05) is 17.3 Å². The number of carbonyl (C=O) groups excluding carboxylic acids is 1. The van der Waals surface area contributed by atoms with Gasteiger partial charge < -0.3 is 15.3 Å². The minimum atomic E-state index is -0.990. The van der Waals surface area contributed by atoms with Crippen LogP contribution in [0.3, 0.4) is 0 Å². The number of hydrogen-bond acceptors (Lipinski definition) is 5. The van der Waals surface area contributed by atoms with Crippen LogP contribution in [0.1, 0.15) is 0 Å². The van der Waals surface area contributed by atoms with E-state index in [1.807, 2.05) is 6.07 Å². The largest absolute Gasteiger partial charge is 0.480 e. The number of para-hydroxylation sites is 1. The Morgan fingerprint density at radius 3 is 2.60 bits per heavy atom. The van der Waals surface area contributed by atoms with Gasteiger partial charge in [-0.1, -0.05) is 18.2 Å². The van der Waals surface area contributed by atoms with Crippen LogP contribution in [-0.2, 0) is 9.59 Å². The fourth-order valence-corrected chi connectivity index (χ4v) is 2.20. The van der Waals surface area contributed by atoms with Crippen LogP contribution >= 0.6 is 11.3 Å². The molecule has 0 aliphatic heterocycles. The molecule has 1 aromatic heterocycles. The molecule has 0 saturated carbocycles. The first-order chi connectivity index (χ1) is 9.65. The minimum Gasteiger partial charge on any atom is -0.480 e. The first-order valence-corrected chi connectivity index (χ1v) is 6.74. The van der Waals surface area contributed by atoms with Gasteiger partial charge in [-0.3, -0.25) is 9.59 Å². The molecule has 2 aromatic rings. The van der Waals surface area contributed by atoms with Gasteiger partial charge in [0.1, 0.15) is 6.54 Å². The third-order valence-corrected chi connectivity index (χ3v) is 3.15. The van der Waals surface area contributed by atoms with E-state index in [9.17, 15) is 9.59 Å². The van der Waals surface area contributed by atoms with Gasteiger partial charge in [-0.25, -0.2) is 4.98 Å². The summed E-state index contributed by atoms with van der Waals surface area (Å²) in [6.45, 7) is -0.287. The molecular weight excluding hydrogens is 278 g/mol. The summed E-state index contributed by atoms with van der Waals surface area (Å²) in [7, 11) is 0. The van der Waals surface area contributed by atoms with E-state index in [4.69, 9.17) is 5.11 Å². The Labute approximate surface area is 119 Å². The predicted octanol–water partition coefficient (Wildman–Crippen LogP) is 1.67. The second-order valence-electron chi connectivity index (χ2n) is 3.97. The molecule has 2 N–H and O–H groups in total. The number of thiazole rings is 1. The standard InChI is InChI=1S/C13H13N3O3S/c17-11(15-13-14-6-7-20-13)8-16(9-12(18)19)10-4-2-1-3-5-10/h1-7H,8-9H2,(H,18,19)(H,14,15,17). The lowest BCUT2D eigenvalue weighted by Crippen LogP contribution is -2.37. The van der Waals surface area contributed by atoms with E-state index in [0.29, 0.717) is 10.8 Å². The number of amides is 1. The smallest absolute Gasteiger partial charge is 0.323 e. The van der Waals surface area contributed by atoms with E-state index in [1.54, 1.807) is 35.8 Å². The molecule has 0 unspecified atom stereocenters. The second-order valence-corrected chi connectivity index (χ2v) is 4.87. The van der Waals surface area contributed by atoms with Crippen LogP contribution in [0.4, 0.5) is 10.8 Å². The number of carboxylic acid groups (broad SMARTS) is 1. The van der Waals surface area contributed by atoms with Crippen molar-refractivity contribution < 1.29 is 14.7 Å². The van der Waals surface area contributed by atoms with Crippen molar-refractivity contribution in [3.05, 3.63) is 41.9 Å². The molecule has 6 nitrogen and oxygen atoms in total. The van der Waals surface area contributed by atoms with Crippen molar-refractivity contribution in [2.24, 2.45) is 0 Å². The number of aromatic nitrogens is 1. The maximum absolute atomic E-state index is 11.9. The lowest BCUT2D eigenvalue weighted by atomic mass is 10.3. The van der Waals surface area contributed by atoms with E-state index >= 15 is 0 Å². The zero-order chi connectivity index (χ0) is 14.4. The van der Waals surface area contributed by atoms with Crippen molar-refractivity contribution in [3.63, 3.8) is 0 Å². The van der Waals surface area contributed by atoms with Gasteiger partial charge in [0.15, 0.2) is 5.13 Å². The van der Waals surface area contributed by atoms with Gasteiger partial charge in [0.25, 0.3) is 0 Å². The maximum atomic E-state index is 11.9. The fourth-order valence-electron chi connectivity index (χ4n) is 1.66. The average Bonchev–Trinajstić information content (AvgIpc) is 2.91. The summed E-state index contributed by atoms with van der Waals surface area (Å²) >= 11 is 1.31. The van der Waals surface area contributed by atoms with Gasteiger partial charge in [0.2, 0.25) is 5.91 Å². The third-order valence-electron chi connectivity index (χ3n) is 2.46. The number of benzene rings is 1. The Morgan fingerprint density at radius 1 is 1.25 bits per heavy atom. The van der Waals surface area contributed by atoms with E-state index in [-0.39, 0.29) is 19.0 Å². The molecular formula is C13H13N3O3S. The maximum Gasteiger partial charge on any atom is 0.323 e. The Morgan fingerprint density at radius 2 is 2.00 bits per heavy atom. The summed E-state index contributed by atoms with van der Waals surface area (Å²) in [4.78, 5) is 28.2. The molecule has 20 heavy (non-hydrogen) atoms. The van der Waals surface area contributed by atoms with Crippen LogP contribution in [0.5, 0.6) is 0 Å². The van der Waals surface area contributed by atoms with Crippen molar-refractivity contribution in [2.75, 3.05) is 23.3 Å². The van der Waals surface area contributed by atoms with Crippen molar-refractivity contribution in [1.29, 1.82) is 0 Å². The van der Waals surface area contributed by atoms with E-state index in [2.05, 4.69) is 10.3 Å². The van der Waals surface area contributed by atoms with Crippen molar-refractivity contribution >= 4 is 34.0 Å². The Kier molecular flexibility index (Phi) is 4.67. The summed E-state index contributed by atoms with van der Waals surface area (Å²) in [5.74, 6) is -1.29. The first kappa shape index (κ1) is 14.0. The van der Waals surface area contributed by atoms with Gasteiger partial charge >= 0.3 is 5.97 Å². The number of anilines is 2.